The number of ether oxygens (including phenoxy) is 1. The van der Waals surface area contributed by atoms with Gasteiger partial charge in [0.1, 0.15) is 5.60 Å². The Labute approximate surface area is 150 Å². The summed E-state index contributed by atoms with van der Waals surface area (Å²) >= 11 is 3.54. The van der Waals surface area contributed by atoms with Crippen LogP contribution >= 0.6 is 15.9 Å². The molecule has 1 fully saturated rings. The van der Waals surface area contributed by atoms with E-state index in [2.05, 4.69) is 96.2 Å². The molecule has 3 aromatic rings. The van der Waals surface area contributed by atoms with Crippen LogP contribution < -0.4 is 0 Å². The number of benzene rings is 3. The van der Waals surface area contributed by atoms with E-state index in [1.54, 1.807) is 0 Å². The maximum Gasteiger partial charge on any atom is 0.183 e. The summed E-state index contributed by atoms with van der Waals surface area (Å²) in [6.07, 6.45) is 0. The third-order valence-electron chi connectivity index (χ3n) is 4.61. The SMILES string of the molecule is CC1(C)OC1(C#Cc1cccc2ccccc12)c1cccc(Br)c1. The van der Waals surface area contributed by atoms with Gasteiger partial charge in [-0.1, -0.05) is 76.3 Å². The predicted octanol–water partition coefficient (Wildman–Crippen LogP) is 5.66. The molecule has 24 heavy (non-hydrogen) atoms. The molecule has 0 spiro atoms. The summed E-state index contributed by atoms with van der Waals surface area (Å²) in [6, 6.07) is 22.8. The molecule has 1 heterocycles. The lowest BCUT2D eigenvalue weighted by atomic mass is 9.88. The first-order chi connectivity index (χ1) is 11.5. The average molecular weight is 377 g/mol. The fourth-order valence-electron chi connectivity index (χ4n) is 3.21. The Morgan fingerprint density at radius 3 is 2.38 bits per heavy atom. The summed E-state index contributed by atoms with van der Waals surface area (Å²) in [4.78, 5) is 0. The minimum atomic E-state index is -0.548. The van der Waals surface area contributed by atoms with E-state index in [1.807, 2.05) is 12.1 Å². The summed E-state index contributed by atoms with van der Waals surface area (Å²) in [5, 5.41) is 2.38. The highest BCUT2D eigenvalue weighted by Crippen LogP contribution is 2.55. The summed E-state index contributed by atoms with van der Waals surface area (Å²) in [7, 11) is 0. The van der Waals surface area contributed by atoms with Gasteiger partial charge in [-0.3, -0.25) is 0 Å². The second-order valence-corrected chi connectivity index (χ2v) is 7.50. The molecule has 2 heteroatoms. The van der Waals surface area contributed by atoms with Crippen molar-refractivity contribution in [3.05, 3.63) is 82.3 Å². The van der Waals surface area contributed by atoms with Gasteiger partial charge in [0, 0.05) is 15.6 Å². The molecule has 1 aliphatic heterocycles. The molecular weight excluding hydrogens is 360 g/mol. The van der Waals surface area contributed by atoms with Gasteiger partial charge in [-0.25, -0.2) is 0 Å². The Hall–Kier alpha value is -2.08. The second-order valence-electron chi connectivity index (χ2n) is 6.58. The van der Waals surface area contributed by atoms with Gasteiger partial charge in [0.05, 0.1) is 0 Å². The molecule has 4 rings (SSSR count). The molecule has 1 nitrogen and oxygen atoms in total. The van der Waals surface area contributed by atoms with Crippen molar-refractivity contribution in [3.8, 4) is 11.8 Å². The van der Waals surface area contributed by atoms with Gasteiger partial charge >= 0.3 is 0 Å². The van der Waals surface area contributed by atoms with E-state index in [9.17, 15) is 0 Å². The number of halogens is 1. The highest BCUT2D eigenvalue weighted by molar-refractivity contribution is 9.10. The minimum absolute atomic E-state index is 0.286. The topological polar surface area (TPSA) is 12.5 Å². The highest BCUT2D eigenvalue weighted by atomic mass is 79.9. The van der Waals surface area contributed by atoms with Crippen LogP contribution in [0.1, 0.15) is 25.0 Å². The lowest BCUT2D eigenvalue weighted by molar-refractivity contribution is 0.305. The summed E-state index contributed by atoms with van der Waals surface area (Å²) < 4.78 is 7.11. The zero-order valence-electron chi connectivity index (χ0n) is 13.6. The average Bonchev–Trinajstić information content (AvgIpc) is 3.15. The molecule has 1 atom stereocenters. The Bertz CT molecular complexity index is 988. The summed E-state index contributed by atoms with van der Waals surface area (Å²) in [5.41, 5.74) is 1.29. The van der Waals surface area contributed by atoms with E-state index >= 15 is 0 Å². The van der Waals surface area contributed by atoms with Crippen molar-refractivity contribution < 1.29 is 4.74 Å². The molecular formula is C22H17BrO. The van der Waals surface area contributed by atoms with Crippen molar-refractivity contribution in [1.82, 2.24) is 0 Å². The smallest absolute Gasteiger partial charge is 0.183 e. The van der Waals surface area contributed by atoms with Crippen LogP contribution in [0.3, 0.4) is 0 Å². The lowest BCUT2D eigenvalue weighted by Crippen LogP contribution is -2.16. The van der Waals surface area contributed by atoms with E-state index in [-0.39, 0.29) is 5.60 Å². The number of fused-ring (bicyclic) bond motifs is 1. The molecule has 0 radical (unpaired) electrons. The van der Waals surface area contributed by atoms with Crippen LogP contribution in [-0.4, -0.2) is 5.60 Å². The first-order valence-electron chi connectivity index (χ1n) is 7.99. The number of hydrogen-bond acceptors (Lipinski definition) is 1. The van der Waals surface area contributed by atoms with Crippen molar-refractivity contribution in [1.29, 1.82) is 0 Å². The molecule has 0 aromatic heterocycles. The Kier molecular flexibility index (Phi) is 3.53. The van der Waals surface area contributed by atoms with Crippen molar-refractivity contribution in [2.45, 2.75) is 25.0 Å². The zero-order valence-corrected chi connectivity index (χ0v) is 15.2. The van der Waals surface area contributed by atoms with Crippen molar-refractivity contribution in [3.63, 3.8) is 0 Å². The van der Waals surface area contributed by atoms with Gasteiger partial charge in [-0.05, 0) is 42.8 Å². The molecule has 1 unspecified atom stereocenters. The minimum Gasteiger partial charge on any atom is -0.345 e. The second kappa shape index (κ2) is 5.48. The van der Waals surface area contributed by atoms with Gasteiger partial charge in [-0.2, -0.15) is 0 Å². The van der Waals surface area contributed by atoms with Gasteiger partial charge in [0.15, 0.2) is 5.60 Å². The monoisotopic (exact) mass is 376 g/mol. The van der Waals surface area contributed by atoms with E-state index in [4.69, 9.17) is 4.74 Å². The first-order valence-corrected chi connectivity index (χ1v) is 8.78. The molecule has 0 bridgehead atoms. The van der Waals surface area contributed by atoms with Gasteiger partial charge < -0.3 is 4.74 Å². The van der Waals surface area contributed by atoms with Crippen molar-refractivity contribution >= 4 is 26.7 Å². The fraction of sp³-hybridized carbons (Fsp3) is 0.182. The van der Waals surface area contributed by atoms with Crippen LogP contribution in [0.25, 0.3) is 10.8 Å². The standard InChI is InChI=1S/C22H17BrO/c1-21(2)22(24-21,18-10-6-11-19(23)15-18)14-13-17-9-5-8-16-7-3-4-12-20(16)17/h3-12,15H,1-2H3. The van der Waals surface area contributed by atoms with Crippen LogP contribution in [-0.2, 0) is 10.3 Å². The van der Waals surface area contributed by atoms with E-state index in [1.165, 1.54) is 10.8 Å². The Morgan fingerprint density at radius 1 is 0.917 bits per heavy atom. The quantitative estimate of drug-likeness (QED) is 0.394. The highest BCUT2D eigenvalue weighted by Gasteiger charge is 2.64. The van der Waals surface area contributed by atoms with E-state index in [0.717, 1.165) is 15.6 Å². The molecule has 1 saturated heterocycles. The van der Waals surface area contributed by atoms with Crippen molar-refractivity contribution in [2.24, 2.45) is 0 Å². The number of rotatable bonds is 1. The molecule has 0 amide bonds. The van der Waals surface area contributed by atoms with Gasteiger partial charge in [0.2, 0.25) is 0 Å². The fourth-order valence-corrected chi connectivity index (χ4v) is 3.61. The number of epoxide rings is 1. The molecule has 3 aromatic carbocycles. The first kappa shape index (κ1) is 15.4. The van der Waals surface area contributed by atoms with Crippen LogP contribution in [0.15, 0.2) is 71.2 Å². The van der Waals surface area contributed by atoms with Gasteiger partial charge in [-0.15, -0.1) is 0 Å². The zero-order chi connectivity index (χ0) is 16.8. The maximum absolute atomic E-state index is 6.07. The predicted molar refractivity (Wildman–Crippen MR) is 102 cm³/mol. The molecule has 118 valence electrons. The van der Waals surface area contributed by atoms with Crippen molar-refractivity contribution in [2.75, 3.05) is 0 Å². The number of hydrogen-bond donors (Lipinski definition) is 0. The summed E-state index contributed by atoms with van der Waals surface area (Å²) in [5.74, 6) is 6.79. The molecule has 0 saturated carbocycles. The Morgan fingerprint density at radius 2 is 1.62 bits per heavy atom. The normalized spacial score (nSPS) is 21.1. The third-order valence-corrected chi connectivity index (χ3v) is 5.10. The van der Waals surface area contributed by atoms with Crippen LogP contribution in [0.4, 0.5) is 0 Å². The maximum atomic E-state index is 6.07. The van der Waals surface area contributed by atoms with Crippen LogP contribution in [0.5, 0.6) is 0 Å². The summed E-state index contributed by atoms with van der Waals surface area (Å²) in [6.45, 7) is 4.18. The molecule has 0 aliphatic carbocycles. The molecule has 1 aliphatic rings. The van der Waals surface area contributed by atoms with E-state index in [0.29, 0.717) is 0 Å². The van der Waals surface area contributed by atoms with Crippen LogP contribution in [0.2, 0.25) is 0 Å². The third kappa shape index (κ3) is 2.45. The van der Waals surface area contributed by atoms with E-state index < -0.39 is 5.60 Å². The largest absolute Gasteiger partial charge is 0.345 e. The van der Waals surface area contributed by atoms with Gasteiger partial charge in [0.25, 0.3) is 0 Å². The molecule has 0 N–H and O–H groups in total. The lowest BCUT2D eigenvalue weighted by Gasteiger charge is -2.09. The van der Waals surface area contributed by atoms with Crippen LogP contribution in [0, 0.1) is 11.8 Å². The Balaban J connectivity index is 1.83.